The van der Waals surface area contributed by atoms with E-state index in [4.69, 9.17) is 4.74 Å². The van der Waals surface area contributed by atoms with E-state index in [0.717, 1.165) is 29.7 Å². The highest BCUT2D eigenvalue weighted by Crippen LogP contribution is 2.31. The van der Waals surface area contributed by atoms with E-state index in [1.54, 1.807) is 7.11 Å². The summed E-state index contributed by atoms with van der Waals surface area (Å²) in [5.41, 5.74) is 3.36. The number of methoxy groups -OCH3 is 1. The smallest absolute Gasteiger partial charge is 0.253 e. The highest BCUT2D eigenvalue weighted by atomic mass is 16.5. The maximum atomic E-state index is 13.0. The van der Waals surface area contributed by atoms with Crippen molar-refractivity contribution in [3.63, 3.8) is 0 Å². The van der Waals surface area contributed by atoms with Crippen molar-refractivity contribution in [3.05, 3.63) is 64.7 Å². The van der Waals surface area contributed by atoms with Crippen LogP contribution in [-0.4, -0.2) is 36.9 Å². The molecule has 1 aliphatic heterocycles. The predicted octanol–water partition coefficient (Wildman–Crippen LogP) is 3.87. The summed E-state index contributed by atoms with van der Waals surface area (Å²) in [6, 6.07) is 13.5. The average molecular weight is 395 g/mol. The van der Waals surface area contributed by atoms with Gasteiger partial charge in [0.1, 0.15) is 5.75 Å². The van der Waals surface area contributed by atoms with E-state index in [0.29, 0.717) is 25.2 Å². The van der Waals surface area contributed by atoms with Crippen molar-refractivity contribution >= 4 is 11.8 Å². The maximum Gasteiger partial charge on any atom is 0.253 e. The van der Waals surface area contributed by atoms with Crippen LogP contribution in [0.15, 0.2) is 42.5 Å². The Balaban J connectivity index is 1.66. The molecule has 1 saturated heterocycles. The number of ether oxygens (including phenoxy) is 1. The SMILES string of the molecule is COc1cccc(CNC(=O)[C@@]2(C)CCCN(C(=O)c3ccc(C)c(C)c3)C2)c1. The van der Waals surface area contributed by atoms with Crippen LogP contribution in [0.4, 0.5) is 0 Å². The largest absolute Gasteiger partial charge is 0.497 e. The Labute approximate surface area is 173 Å². The standard InChI is InChI=1S/C24H30N2O3/c1-17-9-10-20(13-18(17)2)22(27)26-12-6-11-24(3,16-26)23(28)25-15-19-7-5-8-21(14-19)29-4/h5,7-10,13-14H,6,11-12,15-16H2,1-4H3,(H,25,28)/t24-/m0/s1. The molecule has 0 radical (unpaired) electrons. The topological polar surface area (TPSA) is 58.6 Å². The summed E-state index contributed by atoms with van der Waals surface area (Å²) in [7, 11) is 1.63. The number of likely N-dealkylation sites (tertiary alicyclic amines) is 1. The fourth-order valence-electron chi connectivity index (χ4n) is 3.83. The lowest BCUT2D eigenvalue weighted by molar-refractivity contribution is -0.132. The monoisotopic (exact) mass is 394 g/mol. The second-order valence-corrected chi connectivity index (χ2v) is 8.22. The lowest BCUT2D eigenvalue weighted by Gasteiger charge is -2.39. The number of aryl methyl sites for hydroxylation is 2. The summed E-state index contributed by atoms with van der Waals surface area (Å²) < 4.78 is 5.24. The van der Waals surface area contributed by atoms with Gasteiger partial charge in [-0.05, 0) is 74.6 Å². The number of benzene rings is 2. The second-order valence-electron chi connectivity index (χ2n) is 8.22. The predicted molar refractivity (Wildman–Crippen MR) is 114 cm³/mol. The van der Waals surface area contributed by atoms with Crippen molar-refractivity contribution in [1.29, 1.82) is 0 Å². The Morgan fingerprint density at radius 2 is 1.93 bits per heavy atom. The number of hydrogen-bond donors (Lipinski definition) is 1. The molecule has 2 aromatic carbocycles. The summed E-state index contributed by atoms with van der Waals surface area (Å²) in [4.78, 5) is 27.8. The minimum atomic E-state index is -0.591. The van der Waals surface area contributed by atoms with Crippen LogP contribution in [-0.2, 0) is 11.3 Å². The van der Waals surface area contributed by atoms with E-state index in [2.05, 4.69) is 5.32 Å². The van der Waals surface area contributed by atoms with Gasteiger partial charge >= 0.3 is 0 Å². The molecule has 3 rings (SSSR count). The van der Waals surface area contributed by atoms with Gasteiger partial charge in [-0.3, -0.25) is 9.59 Å². The number of amides is 2. The highest BCUT2D eigenvalue weighted by molar-refractivity contribution is 5.95. The van der Waals surface area contributed by atoms with Gasteiger partial charge in [-0.15, -0.1) is 0 Å². The molecule has 2 aromatic rings. The van der Waals surface area contributed by atoms with Crippen LogP contribution in [0.3, 0.4) is 0 Å². The van der Waals surface area contributed by atoms with E-state index in [-0.39, 0.29) is 11.8 Å². The molecular weight excluding hydrogens is 364 g/mol. The summed E-state index contributed by atoms with van der Waals surface area (Å²) in [6.45, 7) is 7.56. The molecule has 0 aliphatic carbocycles. The Morgan fingerprint density at radius 3 is 2.66 bits per heavy atom. The molecule has 0 saturated carbocycles. The molecule has 0 spiro atoms. The lowest BCUT2D eigenvalue weighted by Crippen LogP contribution is -2.51. The number of nitrogens with one attached hydrogen (secondary N) is 1. The zero-order chi connectivity index (χ0) is 21.0. The number of hydrogen-bond acceptors (Lipinski definition) is 3. The van der Waals surface area contributed by atoms with E-state index in [9.17, 15) is 9.59 Å². The number of carbonyl (C=O) groups is 2. The number of piperidine rings is 1. The van der Waals surface area contributed by atoms with Gasteiger partial charge < -0.3 is 15.0 Å². The van der Waals surface area contributed by atoms with Crippen molar-refractivity contribution in [2.75, 3.05) is 20.2 Å². The third-order valence-corrected chi connectivity index (χ3v) is 5.87. The summed E-state index contributed by atoms with van der Waals surface area (Å²) in [5, 5.41) is 3.04. The Hall–Kier alpha value is -2.82. The quantitative estimate of drug-likeness (QED) is 0.837. The molecule has 0 aromatic heterocycles. The van der Waals surface area contributed by atoms with Crippen LogP contribution in [0.25, 0.3) is 0 Å². The third kappa shape index (κ3) is 4.78. The van der Waals surface area contributed by atoms with Crippen molar-refractivity contribution < 1.29 is 14.3 Å². The molecular formula is C24H30N2O3. The first-order valence-corrected chi connectivity index (χ1v) is 10.1. The molecule has 1 N–H and O–H groups in total. The number of nitrogens with zero attached hydrogens (tertiary/aromatic N) is 1. The van der Waals surface area contributed by atoms with Crippen LogP contribution >= 0.6 is 0 Å². The first-order chi connectivity index (χ1) is 13.8. The normalized spacial score (nSPS) is 19.0. The second kappa shape index (κ2) is 8.68. The minimum Gasteiger partial charge on any atom is -0.497 e. The molecule has 5 heteroatoms. The lowest BCUT2D eigenvalue weighted by atomic mass is 9.80. The Kier molecular flexibility index (Phi) is 6.26. The van der Waals surface area contributed by atoms with Crippen LogP contribution in [0.1, 0.15) is 46.8 Å². The summed E-state index contributed by atoms with van der Waals surface area (Å²) in [5.74, 6) is 0.753. The van der Waals surface area contributed by atoms with Crippen molar-refractivity contribution in [2.45, 2.75) is 40.2 Å². The van der Waals surface area contributed by atoms with Gasteiger partial charge in [-0.2, -0.15) is 0 Å². The van der Waals surface area contributed by atoms with Gasteiger partial charge in [0.15, 0.2) is 0 Å². The first kappa shape index (κ1) is 20.9. The molecule has 5 nitrogen and oxygen atoms in total. The van der Waals surface area contributed by atoms with E-state index >= 15 is 0 Å². The summed E-state index contributed by atoms with van der Waals surface area (Å²) >= 11 is 0. The van der Waals surface area contributed by atoms with Crippen LogP contribution < -0.4 is 10.1 Å². The van der Waals surface area contributed by atoms with Gasteiger partial charge in [0.05, 0.1) is 12.5 Å². The Morgan fingerprint density at radius 1 is 1.14 bits per heavy atom. The van der Waals surface area contributed by atoms with E-state index < -0.39 is 5.41 Å². The zero-order valence-corrected chi connectivity index (χ0v) is 17.7. The molecule has 0 unspecified atom stereocenters. The van der Waals surface area contributed by atoms with Crippen molar-refractivity contribution in [3.8, 4) is 5.75 Å². The van der Waals surface area contributed by atoms with Gasteiger partial charge in [0.2, 0.25) is 5.91 Å². The highest BCUT2D eigenvalue weighted by Gasteiger charge is 2.39. The van der Waals surface area contributed by atoms with Crippen molar-refractivity contribution in [1.82, 2.24) is 10.2 Å². The molecule has 1 aliphatic rings. The summed E-state index contributed by atoms with van der Waals surface area (Å²) in [6.07, 6.45) is 1.59. The van der Waals surface area contributed by atoms with E-state index in [1.165, 1.54) is 5.56 Å². The molecule has 29 heavy (non-hydrogen) atoms. The maximum absolute atomic E-state index is 13.0. The van der Waals surface area contributed by atoms with E-state index in [1.807, 2.05) is 68.1 Å². The molecule has 0 bridgehead atoms. The van der Waals surface area contributed by atoms with Crippen LogP contribution in [0.5, 0.6) is 5.75 Å². The number of carbonyl (C=O) groups excluding carboxylic acids is 2. The fourth-order valence-corrected chi connectivity index (χ4v) is 3.83. The van der Waals surface area contributed by atoms with Gasteiger partial charge in [-0.1, -0.05) is 18.2 Å². The Bertz CT molecular complexity index is 909. The first-order valence-electron chi connectivity index (χ1n) is 10.1. The minimum absolute atomic E-state index is 0.000351. The third-order valence-electron chi connectivity index (χ3n) is 5.87. The average Bonchev–Trinajstić information content (AvgIpc) is 2.73. The molecule has 1 atom stereocenters. The van der Waals surface area contributed by atoms with Gasteiger partial charge in [-0.25, -0.2) is 0 Å². The van der Waals surface area contributed by atoms with Gasteiger partial charge in [0, 0.05) is 25.2 Å². The van der Waals surface area contributed by atoms with Gasteiger partial charge in [0.25, 0.3) is 5.91 Å². The fraction of sp³-hybridized carbons (Fsp3) is 0.417. The molecule has 154 valence electrons. The number of rotatable bonds is 5. The van der Waals surface area contributed by atoms with Crippen molar-refractivity contribution in [2.24, 2.45) is 5.41 Å². The molecule has 1 fully saturated rings. The van der Waals surface area contributed by atoms with Crippen LogP contribution in [0.2, 0.25) is 0 Å². The molecule has 2 amide bonds. The zero-order valence-electron chi connectivity index (χ0n) is 17.7. The van der Waals surface area contributed by atoms with Crippen LogP contribution in [0, 0.1) is 19.3 Å². The molecule has 1 heterocycles.